The first kappa shape index (κ1) is 11.9. The highest BCUT2D eigenvalue weighted by Gasteiger charge is 2.19. The van der Waals surface area contributed by atoms with Crippen LogP contribution in [-0.4, -0.2) is 31.3 Å². The minimum atomic E-state index is 0.401. The summed E-state index contributed by atoms with van der Waals surface area (Å²) in [6, 6.07) is 2.01. The van der Waals surface area contributed by atoms with Gasteiger partial charge in [0.15, 0.2) is 0 Å². The standard InChI is InChI=1S/C11H8BrN7S/c12-7-3-6-4-14-10(17-11-18-15-5-20-11)16-8(6)19-2-1-13-9(7)19/h3-5,13H,1-2H2. The van der Waals surface area contributed by atoms with E-state index in [2.05, 4.69) is 51.0 Å². The van der Waals surface area contributed by atoms with Gasteiger partial charge in [-0.3, -0.25) is 0 Å². The summed E-state index contributed by atoms with van der Waals surface area (Å²) in [6.07, 6.45) is 1.78. The summed E-state index contributed by atoms with van der Waals surface area (Å²) in [5.41, 5.74) is 3.01. The largest absolute Gasteiger partial charge is 0.369 e. The van der Waals surface area contributed by atoms with Gasteiger partial charge in [-0.2, -0.15) is 9.98 Å². The molecular weight excluding hydrogens is 342 g/mol. The molecule has 0 saturated carbocycles. The molecular formula is C11H8BrN7S. The second kappa shape index (κ2) is 4.60. The number of nitrogens with zero attached hydrogens (tertiary/aromatic N) is 6. The van der Waals surface area contributed by atoms with E-state index in [1.807, 2.05) is 6.07 Å². The lowest BCUT2D eigenvalue weighted by atomic mass is 10.2. The summed E-state index contributed by atoms with van der Waals surface area (Å²) in [7, 11) is 0. The number of nitrogens with one attached hydrogen (secondary N) is 1. The van der Waals surface area contributed by atoms with Crippen molar-refractivity contribution in [2.24, 2.45) is 4.99 Å². The van der Waals surface area contributed by atoms with Crippen molar-refractivity contribution in [1.29, 1.82) is 0 Å². The summed E-state index contributed by atoms with van der Waals surface area (Å²) >= 11 is 4.91. The molecule has 0 unspecified atom stereocenters. The Kier molecular flexibility index (Phi) is 2.74. The maximum Gasteiger partial charge on any atom is 0.254 e. The van der Waals surface area contributed by atoms with Crippen molar-refractivity contribution in [2.75, 3.05) is 11.9 Å². The molecule has 100 valence electrons. The van der Waals surface area contributed by atoms with Crippen LogP contribution in [0.4, 0.5) is 10.9 Å². The summed E-state index contributed by atoms with van der Waals surface area (Å²) < 4.78 is 3.14. The number of rotatable bonds is 1. The summed E-state index contributed by atoms with van der Waals surface area (Å²) in [6.45, 7) is 1.77. The Balaban J connectivity index is 1.96. The van der Waals surface area contributed by atoms with Crippen molar-refractivity contribution >= 4 is 38.2 Å². The summed E-state index contributed by atoms with van der Waals surface area (Å²) in [5, 5.41) is 11.5. The van der Waals surface area contributed by atoms with Gasteiger partial charge >= 0.3 is 0 Å². The van der Waals surface area contributed by atoms with E-state index in [-0.39, 0.29) is 0 Å². The van der Waals surface area contributed by atoms with Gasteiger partial charge in [-0.15, -0.1) is 10.2 Å². The molecule has 0 atom stereocenters. The van der Waals surface area contributed by atoms with Crippen LogP contribution >= 0.6 is 27.3 Å². The quantitative estimate of drug-likeness (QED) is 0.722. The molecule has 0 saturated heterocycles. The molecule has 3 aliphatic heterocycles. The highest BCUT2D eigenvalue weighted by atomic mass is 79.9. The van der Waals surface area contributed by atoms with Crippen LogP contribution in [0.25, 0.3) is 11.4 Å². The Labute approximate surface area is 125 Å². The van der Waals surface area contributed by atoms with E-state index in [4.69, 9.17) is 0 Å². The number of hydrogen-bond donors (Lipinski definition) is 1. The molecule has 0 radical (unpaired) electrons. The predicted octanol–water partition coefficient (Wildman–Crippen LogP) is 1.65. The normalized spacial score (nSPS) is 14.6. The molecule has 9 heteroatoms. The fourth-order valence-corrected chi connectivity index (χ4v) is 3.19. The van der Waals surface area contributed by atoms with Crippen molar-refractivity contribution in [3.8, 4) is 11.4 Å². The lowest BCUT2D eigenvalue weighted by molar-refractivity contribution is 0.777. The second-order valence-corrected chi connectivity index (χ2v) is 5.87. The van der Waals surface area contributed by atoms with Gasteiger partial charge in [0.25, 0.3) is 5.62 Å². The van der Waals surface area contributed by atoms with Crippen molar-refractivity contribution in [3.05, 3.63) is 27.9 Å². The molecule has 0 fully saturated rings. The van der Waals surface area contributed by atoms with Gasteiger partial charge in [-0.25, -0.2) is 4.98 Å². The Morgan fingerprint density at radius 1 is 1.45 bits per heavy atom. The fourth-order valence-electron chi connectivity index (χ4n) is 2.17. The summed E-state index contributed by atoms with van der Waals surface area (Å²) in [4.78, 5) is 13.1. The zero-order valence-electron chi connectivity index (χ0n) is 10.1. The number of halogens is 1. The van der Waals surface area contributed by atoms with Gasteiger partial charge in [-0.1, -0.05) is 11.3 Å². The van der Waals surface area contributed by atoms with Crippen molar-refractivity contribution in [3.63, 3.8) is 0 Å². The number of fused-ring (bicyclic) bond motifs is 3. The predicted molar refractivity (Wildman–Crippen MR) is 78.0 cm³/mol. The highest BCUT2D eigenvalue weighted by Crippen LogP contribution is 2.33. The van der Waals surface area contributed by atoms with Gasteiger partial charge in [0.1, 0.15) is 17.2 Å². The Morgan fingerprint density at radius 2 is 2.40 bits per heavy atom. The van der Waals surface area contributed by atoms with E-state index in [0.29, 0.717) is 10.7 Å². The van der Waals surface area contributed by atoms with Crippen LogP contribution in [0.3, 0.4) is 0 Å². The number of aromatic nitrogens is 5. The van der Waals surface area contributed by atoms with Crippen molar-refractivity contribution < 1.29 is 0 Å². The van der Waals surface area contributed by atoms with Crippen LogP contribution in [0.1, 0.15) is 0 Å². The molecule has 4 heterocycles. The second-order valence-electron chi connectivity index (χ2n) is 4.20. The summed E-state index contributed by atoms with van der Waals surface area (Å²) in [5.74, 6) is 1.91. The van der Waals surface area contributed by atoms with E-state index in [1.54, 1.807) is 11.7 Å². The van der Waals surface area contributed by atoms with E-state index in [1.165, 1.54) is 11.3 Å². The zero-order chi connectivity index (χ0) is 13.5. The molecule has 0 spiro atoms. The average Bonchev–Trinajstić information content (AvgIpc) is 3.10. The molecule has 0 aromatic carbocycles. The molecule has 0 bridgehead atoms. The molecule has 0 aliphatic carbocycles. The molecule has 1 N–H and O–H groups in total. The lowest BCUT2D eigenvalue weighted by Gasteiger charge is -2.13. The number of pyridine rings is 1. The first-order chi connectivity index (χ1) is 9.81. The van der Waals surface area contributed by atoms with Crippen LogP contribution in [0, 0.1) is 0 Å². The Hall–Kier alpha value is -1.87. The highest BCUT2D eigenvalue weighted by molar-refractivity contribution is 9.10. The molecule has 3 aliphatic rings. The smallest absolute Gasteiger partial charge is 0.254 e. The van der Waals surface area contributed by atoms with Gasteiger partial charge in [0.05, 0.1) is 4.47 Å². The van der Waals surface area contributed by atoms with Crippen LogP contribution in [0.15, 0.2) is 27.2 Å². The molecule has 1 aromatic heterocycles. The topological polar surface area (TPSA) is 80.9 Å². The zero-order valence-corrected chi connectivity index (χ0v) is 12.5. The maximum absolute atomic E-state index is 4.53. The fraction of sp³-hybridized carbons (Fsp3) is 0.182. The minimum Gasteiger partial charge on any atom is -0.369 e. The van der Waals surface area contributed by atoms with Crippen LogP contribution in [0.5, 0.6) is 0 Å². The van der Waals surface area contributed by atoms with Gasteiger partial charge in [0.2, 0.25) is 5.13 Å². The molecule has 4 rings (SSSR count). The average molecular weight is 350 g/mol. The van der Waals surface area contributed by atoms with Gasteiger partial charge in [0, 0.05) is 24.8 Å². The van der Waals surface area contributed by atoms with Gasteiger partial charge < -0.3 is 9.88 Å². The van der Waals surface area contributed by atoms with E-state index in [9.17, 15) is 0 Å². The Bertz CT molecular complexity index is 810. The number of hydrogen-bond acceptors (Lipinski definition) is 7. The maximum atomic E-state index is 4.53. The Morgan fingerprint density at radius 3 is 3.25 bits per heavy atom. The SMILES string of the molecule is Brc1cc2cnc(=Nc3nncs3)nc-2n2c1NCC2. The minimum absolute atomic E-state index is 0.401. The van der Waals surface area contributed by atoms with E-state index >= 15 is 0 Å². The first-order valence-electron chi connectivity index (χ1n) is 5.92. The van der Waals surface area contributed by atoms with E-state index < -0.39 is 0 Å². The van der Waals surface area contributed by atoms with Crippen molar-refractivity contribution in [2.45, 2.75) is 6.54 Å². The third-order valence-corrected chi connectivity index (χ3v) is 4.18. The molecule has 0 amide bonds. The first-order valence-corrected chi connectivity index (χ1v) is 7.59. The molecule has 1 aromatic rings. The number of anilines is 1. The van der Waals surface area contributed by atoms with Crippen molar-refractivity contribution in [1.82, 2.24) is 24.7 Å². The molecule has 7 nitrogen and oxygen atoms in total. The third kappa shape index (κ3) is 1.90. The lowest BCUT2D eigenvalue weighted by Crippen LogP contribution is -2.17. The molecule has 20 heavy (non-hydrogen) atoms. The van der Waals surface area contributed by atoms with Crippen LogP contribution in [0.2, 0.25) is 0 Å². The van der Waals surface area contributed by atoms with Crippen LogP contribution in [-0.2, 0) is 6.54 Å². The van der Waals surface area contributed by atoms with Gasteiger partial charge in [-0.05, 0) is 22.0 Å². The van der Waals surface area contributed by atoms with E-state index in [0.717, 1.165) is 34.8 Å². The van der Waals surface area contributed by atoms with Crippen LogP contribution < -0.4 is 10.9 Å². The monoisotopic (exact) mass is 349 g/mol. The third-order valence-electron chi connectivity index (χ3n) is 2.99.